The van der Waals surface area contributed by atoms with Crippen LogP contribution in [0.3, 0.4) is 0 Å². The zero-order chi connectivity index (χ0) is 21.6. The topological polar surface area (TPSA) is 104 Å². The summed E-state index contributed by atoms with van der Waals surface area (Å²) in [5.41, 5.74) is 1.03. The Morgan fingerprint density at radius 3 is 2.20 bits per heavy atom. The Morgan fingerprint density at radius 2 is 1.57 bits per heavy atom. The monoisotopic (exact) mass is 433 g/mol. The van der Waals surface area contributed by atoms with Gasteiger partial charge in [0, 0.05) is 30.3 Å². The van der Waals surface area contributed by atoms with E-state index in [1.54, 1.807) is 24.3 Å². The molecule has 0 unspecified atom stereocenters. The molecule has 160 valence electrons. The molecule has 0 aliphatic heterocycles. The van der Waals surface area contributed by atoms with Crippen molar-refractivity contribution >= 4 is 27.5 Å². The van der Waals surface area contributed by atoms with E-state index in [0.717, 1.165) is 37.8 Å². The second kappa shape index (κ2) is 9.82. The van der Waals surface area contributed by atoms with E-state index in [1.165, 1.54) is 12.1 Å². The maximum absolute atomic E-state index is 12.9. The van der Waals surface area contributed by atoms with Crippen molar-refractivity contribution in [2.75, 3.05) is 18.4 Å². The molecule has 1 aliphatic carbocycles. The first-order valence-electron chi connectivity index (χ1n) is 9.79. The highest BCUT2D eigenvalue weighted by Crippen LogP contribution is 2.26. The van der Waals surface area contributed by atoms with Crippen molar-refractivity contribution in [3.63, 3.8) is 0 Å². The van der Waals surface area contributed by atoms with Gasteiger partial charge in [0.1, 0.15) is 5.82 Å². The number of carbonyl (C=O) groups excluding carboxylic acids is 2. The number of amides is 2. The molecule has 0 atom stereocenters. The summed E-state index contributed by atoms with van der Waals surface area (Å²) >= 11 is 0. The number of anilines is 1. The van der Waals surface area contributed by atoms with Crippen LogP contribution in [0.25, 0.3) is 0 Å². The lowest BCUT2D eigenvalue weighted by Crippen LogP contribution is -2.34. The molecule has 0 aromatic heterocycles. The molecule has 1 fully saturated rings. The molecule has 0 radical (unpaired) electrons. The third-order valence-corrected chi connectivity index (χ3v) is 6.44. The zero-order valence-electron chi connectivity index (χ0n) is 16.4. The molecule has 30 heavy (non-hydrogen) atoms. The summed E-state index contributed by atoms with van der Waals surface area (Å²) in [6.45, 7) is 0.0698. The summed E-state index contributed by atoms with van der Waals surface area (Å²) < 4.78 is 39.4. The van der Waals surface area contributed by atoms with E-state index in [-0.39, 0.29) is 35.7 Å². The Hall–Kier alpha value is -2.78. The van der Waals surface area contributed by atoms with Crippen molar-refractivity contribution < 1.29 is 22.4 Å². The van der Waals surface area contributed by atoms with Gasteiger partial charge in [-0.25, -0.2) is 17.5 Å². The van der Waals surface area contributed by atoms with Gasteiger partial charge in [-0.2, -0.15) is 0 Å². The smallest absolute Gasteiger partial charge is 0.251 e. The minimum atomic E-state index is -3.77. The van der Waals surface area contributed by atoms with Crippen LogP contribution in [0.15, 0.2) is 53.4 Å². The number of sulfonamides is 1. The molecule has 7 nitrogen and oxygen atoms in total. The number of hydrogen-bond acceptors (Lipinski definition) is 4. The van der Waals surface area contributed by atoms with Crippen molar-refractivity contribution in [3.8, 4) is 0 Å². The third-order valence-electron chi connectivity index (χ3n) is 4.97. The third kappa shape index (κ3) is 5.87. The number of benzene rings is 2. The van der Waals surface area contributed by atoms with Crippen LogP contribution in [0, 0.1) is 11.7 Å². The van der Waals surface area contributed by atoms with Crippen molar-refractivity contribution in [1.29, 1.82) is 0 Å². The first-order valence-corrected chi connectivity index (χ1v) is 11.3. The molecule has 2 aromatic carbocycles. The van der Waals surface area contributed by atoms with Gasteiger partial charge in [-0.1, -0.05) is 12.8 Å². The molecule has 9 heteroatoms. The minimum absolute atomic E-state index is 0.0122. The molecule has 1 aliphatic rings. The van der Waals surface area contributed by atoms with Gasteiger partial charge in [-0.15, -0.1) is 0 Å². The number of nitrogens with one attached hydrogen (secondary N) is 3. The van der Waals surface area contributed by atoms with Crippen LogP contribution in [0.1, 0.15) is 36.0 Å². The Labute approximate surface area is 175 Å². The number of carbonyl (C=O) groups is 2. The fourth-order valence-electron chi connectivity index (χ4n) is 3.30. The normalized spacial score (nSPS) is 14.4. The molecular weight excluding hydrogens is 409 g/mol. The Bertz CT molecular complexity index is 986. The van der Waals surface area contributed by atoms with Gasteiger partial charge in [0.25, 0.3) is 5.91 Å². The number of hydrogen-bond donors (Lipinski definition) is 3. The predicted molar refractivity (Wildman–Crippen MR) is 111 cm³/mol. The van der Waals surface area contributed by atoms with E-state index < -0.39 is 15.8 Å². The lowest BCUT2D eigenvalue weighted by atomic mass is 10.1. The highest BCUT2D eigenvalue weighted by molar-refractivity contribution is 7.89. The summed E-state index contributed by atoms with van der Waals surface area (Å²) in [6.07, 6.45) is 3.99. The number of rotatable bonds is 8. The van der Waals surface area contributed by atoms with E-state index >= 15 is 0 Å². The molecule has 1 saturated carbocycles. The van der Waals surface area contributed by atoms with Crippen LogP contribution < -0.4 is 15.4 Å². The van der Waals surface area contributed by atoms with Gasteiger partial charge in [-0.3, -0.25) is 9.59 Å². The standard InChI is InChI=1S/C21H24FN3O4S/c22-17-7-11-19(12-8-17)30(28,29)24-14-13-23-20(26)16-5-9-18(10-6-16)25-21(27)15-3-1-2-4-15/h5-12,15,24H,1-4,13-14H2,(H,23,26)(H,25,27). The van der Waals surface area contributed by atoms with Crippen LogP contribution in [0.5, 0.6) is 0 Å². The van der Waals surface area contributed by atoms with E-state index in [0.29, 0.717) is 11.3 Å². The van der Waals surface area contributed by atoms with E-state index in [4.69, 9.17) is 0 Å². The maximum atomic E-state index is 12.9. The maximum Gasteiger partial charge on any atom is 0.251 e. The van der Waals surface area contributed by atoms with Crippen molar-refractivity contribution in [3.05, 3.63) is 59.9 Å². The number of halogens is 1. The molecule has 3 rings (SSSR count). The van der Waals surface area contributed by atoms with Crippen LogP contribution in [-0.2, 0) is 14.8 Å². The van der Waals surface area contributed by atoms with E-state index in [9.17, 15) is 22.4 Å². The summed E-state index contributed by atoms with van der Waals surface area (Å²) in [4.78, 5) is 24.3. The Morgan fingerprint density at radius 1 is 0.933 bits per heavy atom. The van der Waals surface area contributed by atoms with Gasteiger partial charge in [0.05, 0.1) is 4.90 Å². The first-order chi connectivity index (χ1) is 14.3. The van der Waals surface area contributed by atoms with Gasteiger partial charge < -0.3 is 10.6 Å². The lowest BCUT2D eigenvalue weighted by Gasteiger charge is -2.11. The van der Waals surface area contributed by atoms with Crippen molar-refractivity contribution in [1.82, 2.24) is 10.0 Å². The van der Waals surface area contributed by atoms with Crippen LogP contribution in [0.4, 0.5) is 10.1 Å². The summed E-state index contributed by atoms with van der Waals surface area (Å²) in [5.74, 6) is -0.806. The first kappa shape index (κ1) is 21.9. The van der Waals surface area contributed by atoms with Crippen LogP contribution >= 0.6 is 0 Å². The fourth-order valence-corrected chi connectivity index (χ4v) is 4.33. The molecular formula is C21H24FN3O4S. The SMILES string of the molecule is O=C(NCCNS(=O)(=O)c1ccc(F)cc1)c1ccc(NC(=O)C2CCCC2)cc1. The quantitative estimate of drug-likeness (QED) is 0.557. The van der Waals surface area contributed by atoms with E-state index in [2.05, 4.69) is 15.4 Å². The van der Waals surface area contributed by atoms with Gasteiger partial charge in [0.2, 0.25) is 15.9 Å². The summed E-state index contributed by atoms with van der Waals surface area (Å²) in [7, 11) is -3.77. The average molecular weight is 434 g/mol. The van der Waals surface area contributed by atoms with Crippen LogP contribution in [0.2, 0.25) is 0 Å². The van der Waals surface area contributed by atoms with Gasteiger partial charge >= 0.3 is 0 Å². The largest absolute Gasteiger partial charge is 0.351 e. The molecule has 0 spiro atoms. The Kier molecular flexibility index (Phi) is 7.17. The van der Waals surface area contributed by atoms with Crippen molar-refractivity contribution in [2.45, 2.75) is 30.6 Å². The van der Waals surface area contributed by atoms with Crippen LogP contribution in [-0.4, -0.2) is 33.3 Å². The molecule has 2 amide bonds. The average Bonchev–Trinajstić information content (AvgIpc) is 3.27. The summed E-state index contributed by atoms with van der Waals surface area (Å²) in [6, 6.07) is 11.0. The molecule has 0 heterocycles. The zero-order valence-corrected chi connectivity index (χ0v) is 17.2. The molecule has 3 N–H and O–H groups in total. The van der Waals surface area contributed by atoms with Crippen molar-refractivity contribution in [2.24, 2.45) is 5.92 Å². The van der Waals surface area contributed by atoms with E-state index in [1.807, 2.05) is 0 Å². The highest BCUT2D eigenvalue weighted by atomic mass is 32.2. The predicted octanol–water partition coefficient (Wildman–Crippen LogP) is 2.66. The summed E-state index contributed by atoms with van der Waals surface area (Å²) in [5, 5.41) is 5.49. The van der Waals surface area contributed by atoms with Gasteiger partial charge in [0.15, 0.2) is 0 Å². The second-order valence-corrected chi connectivity index (χ2v) is 8.92. The van der Waals surface area contributed by atoms with Gasteiger partial charge in [-0.05, 0) is 61.4 Å². The fraction of sp³-hybridized carbons (Fsp3) is 0.333. The Balaban J connectivity index is 1.44. The molecule has 0 bridgehead atoms. The molecule has 2 aromatic rings. The molecule has 0 saturated heterocycles. The minimum Gasteiger partial charge on any atom is -0.351 e. The highest BCUT2D eigenvalue weighted by Gasteiger charge is 2.22. The second-order valence-electron chi connectivity index (χ2n) is 7.16. The lowest BCUT2D eigenvalue weighted by molar-refractivity contribution is -0.119.